The molecule has 1 aliphatic carbocycles. The largest absolute Gasteiger partial charge is 0.347 e. The van der Waals surface area contributed by atoms with Gasteiger partial charge in [0.25, 0.3) is 5.91 Å². The molecule has 0 unspecified atom stereocenters. The van der Waals surface area contributed by atoms with E-state index >= 15 is 0 Å². The summed E-state index contributed by atoms with van der Waals surface area (Å²) < 4.78 is 49.7. The second-order valence-corrected chi connectivity index (χ2v) is 6.32. The first-order valence-electron chi connectivity index (χ1n) is 5.47. The van der Waals surface area contributed by atoms with Crippen molar-refractivity contribution in [3.8, 4) is 0 Å². The molecule has 5 nitrogen and oxygen atoms in total. The number of benzene rings is 1. The lowest BCUT2D eigenvalue weighted by Crippen LogP contribution is -2.35. The monoisotopic (exact) mass is 290 g/mol. The molecule has 1 amide bonds. The Bertz CT molecular complexity index is 654. The summed E-state index contributed by atoms with van der Waals surface area (Å²) in [6.07, 6.45) is 1.41. The van der Waals surface area contributed by atoms with Crippen LogP contribution < -0.4 is 10.5 Å². The highest BCUT2D eigenvalue weighted by Crippen LogP contribution is 2.35. The molecule has 0 heterocycles. The van der Waals surface area contributed by atoms with Crippen molar-refractivity contribution in [2.75, 3.05) is 0 Å². The SMILES string of the molecule is CC1(NC(=O)c2c(F)ccc(S(N)(=O)=O)c2F)CC1. The number of rotatable bonds is 3. The maximum Gasteiger partial charge on any atom is 0.257 e. The molecule has 0 aliphatic heterocycles. The number of carbonyl (C=O) groups excluding carboxylic acids is 1. The quantitative estimate of drug-likeness (QED) is 0.866. The van der Waals surface area contributed by atoms with E-state index < -0.39 is 43.6 Å². The molecule has 0 atom stereocenters. The second kappa shape index (κ2) is 4.24. The fraction of sp³-hybridized carbons (Fsp3) is 0.364. The number of hydrogen-bond acceptors (Lipinski definition) is 3. The molecule has 8 heteroatoms. The highest BCUT2D eigenvalue weighted by molar-refractivity contribution is 7.89. The van der Waals surface area contributed by atoms with Gasteiger partial charge in [-0.1, -0.05) is 0 Å². The molecule has 2 rings (SSSR count). The van der Waals surface area contributed by atoms with Gasteiger partial charge in [-0.3, -0.25) is 4.79 Å². The average molecular weight is 290 g/mol. The highest BCUT2D eigenvalue weighted by atomic mass is 32.2. The van der Waals surface area contributed by atoms with Gasteiger partial charge >= 0.3 is 0 Å². The molecule has 0 radical (unpaired) electrons. The molecule has 1 aromatic carbocycles. The topological polar surface area (TPSA) is 89.3 Å². The van der Waals surface area contributed by atoms with E-state index in [1.165, 1.54) is 0 Å². The molecule has 0 spiro atoms. The Morgan fingerprint density at radius 2 is 1.95 bits per heavy atom. The Hall–Kier alpha value is -1.54. The summed E-state index contributed by atoms with van der Waals surface area (Å²) in [5.41, 5.74) is -1.41. The average Bonchev–Trinajstić information content (AvgIpc) is 2.93. The molecule has 0 bridgehead atoms. The summed E-state index contributed by atoms with van der Waals surface area (Å²) in [4.78, 5) is 10.9. The minimum Gasteiger partial charge on any atom is -0.347 e. The van der Waals surface area contributed by atoms with E-state index in [0.29, 0.717) is 25.0 Å². The zero-order valence-electron chi connectivity index (χ0n) is 10.0. The number of nitrogens with two attached hydrogens (primary N) is 1. The molecule has 19 heavy (non-hydrogen) atoms. The van der Waals surface area contributed by atoms with Gasteiger partial charge in [-0.25, -0.2) is 22.3 Å². The van der Waals surface area contributed by atoms with Crippen molar-refractivity contribution in [3.63, 3.8) is 0 Å². The first kappa shape index (κ1) is 13.9. The van der Waals surface area contributed by atoms with Crippen molar-refractivity contribution in [2.24, 2.45) is 5.14 Å². The predicted molar refractivity (Wildman–Crippen MR) is 62.8 cm³/mol. The molecule has 0 aromatic heterocycles. The smallest absolute Gasteiger partial charge is 0.257 e. The van der Waals surface area contributed by atoms with Crippen molar-refractivity contribution in [1.29, 1.82) is 0 Å². The van der Waals surface area contributed by atoms with Gasteiger partial charge in [0.1, 0.15) is 16.3 Å². The van der Waals surface area contributed by atoms with Crippen molar-refractivity contribution in [3.05, 3.63) is 29.3 Å². The predicted octanol–water partition coefficient (Wildman–Crippen LogP) is 0.895. The summed E-state index contributed by atoms with van der Waals surface area (Å²) >= 11 is 0. The van der Waals surface area contributed by atoms with Gasteiger partial charge in [0, 0.05) is 5.54 Å². The molecular formula is C11H12F2N2O3S. The third-order valence-electron chi connectivity index (χ3n) is 3.00. The molecule has 1 fully saturated rings. The maximum atomic E-state index is 13.9. The molecule has 1 aliphatic rings. The highest BCUT2D eigenvalue weighted by Gasteiger charge is 2.40. The van der Waals surface area contributed by atoms with Crippen LogP contribution in [0.5, 0.6) is 0 Å². The van der Waals surface area contributed by atoms with Crippen molar-refractivity contribution < 1.29 is 22.0 Å². The number of nitrogens with one attached hydrogen (secondary N) is 1. The van der Waals surface area contributed by atoms with E-state index in [4.69, 9.17) is 5.14 Å². The Morgan fingerprint density at radius 3 is 2.42 bits per heavy atom. The summed E-state index contributed by atoms with van der Waals surface area (Å²) in [6.45, 7) is 1.73. The van der Waals surface area contributed by atoms with Gasteiger partial charge in [-0.2, -0.15) is 0 Å². The van der Waals surface area contributed by atoms with Crippen LogP contribution in [0.1, 0.15) is 30.1 Å². The van der Waals surface area contributed by atoms with Crippen molar-refractivity contribution in [1.82, 2.24) is 5.32 Å². The zero-order chi connectivity index (χ0) is 14.4. The summed E-state index contributed by atoms with van der Waals surface area (Å²) in [5.74, 6) is -3.59. The molecule has 0 saturated heterocycles. The molecule has 3 N–H and O–H groups in total. The van der Waals surface area contributed by atoms with Crippen LogP contribution in [0.3, 0.4) is 0 Å². The molecule has 104 valence electrons. The Kier molecular flexibility index (Phi) is 3.10. The lowest BCUT2D eigenvalue weighted by Gasteiger charge is -2.13. The van der Waals surface area contributed by atoms with Crippen LogP contribution in [0.4, 0.5) is 8.78 Å². The van der Waals surface area contributed by atoms with E-state index in [1.807, 2.05) is 0 Å². The lowest BCUT2D eigenvalue weighted by molar-refractivity contribution is 0.0926. The number of hydrogen-bond donors (Lipinski definition) is 2. The van der Waals surface area contributed by atoms with Crippen LogP contribution in [0, 0.1) is 11.6 Å². The van der Waals surface area contributed by atoms with Gasteiger partial charge in [0.05, 0.1) is 0 Å². The first-order valence-corrected chi connectivity index (χ1v) is 7.02. The van der Waals surface area contributed by atoms with Crippen molar-refractivity contribution in [2.45, 2.75) is 30.2 Å². The van der Waals surface area contributed by atoms with Crippen LogP contribution in [-0.2, 0) is 10.0 Å². The minimum absolute atomic E-state index is 0.479. The van der Waals surface area contributed by atoms with E-state index in [1.54, 1.807) is 6.92 Å². The molecular weight excluding hydrogens is 278 g/mol. The third-order valence-corrected chi connectivity index (χ3v) is 3.93. The van der Waals surface area contributed by atoms with Gasteiger partial charge in [-0.05, 0) is 31.9 Å². The normalized spacial score (nSPS) is 17.1. The second-order valence-electron chi connectivity index (χ2n) is 4.79. The molecule has 1 aromatic rings. The van der Waals surface area contributed by atoms with E-state index in [-0.39, 0.29) is 0 Å². The van der Waals surface area contributed by atoms with Crippen LogP contribution in [-0.4, -0.2) is 19.9 Å². The summed E-state index contributed by atoms with van der Waals surface area (Å²) in [6, 6.07) is 1.39. The van der Waals surface area contributed by atoms with E-state index in [9.17, 15) is 22.0 Å². The number of primary sulfonamides is 1. The minimum atomic E-state index is -4.36. The number of halogens is 2. The first-order chi connectivity index (χ1) is 8.64. The Balaban J connectivity index is 2.47. The van der Waals surface area contributed by atoms with Gasteiger partial charge in [-0.15, -0.1) is 0 Å². The standard InChI is InChI=1S/C11H12F2N2O3S/c1-11(4-5-11)15-10(16)8-6(12)2-3-7(9(8)13)19(14,17)18/h2-3H,4-5H2,1H3,(H,15,16)(H2,14,17,18). The van der Waals surface area contributed by atoms with Gasteiger partial charge in [0.15, 0.2) is 5.82 Å². The number of carbonyl (C=O) groups is 1. The van der Waals surface area contributed by atoms with Crippen molar-refractivity contribution >= 4 is 15.9 Å². The van der Waals surface area contributed by atoms with E-state index in [2.05, 4.69) is 5.32 Å². The fourth-order valence-electron chi connectivity index (χ4n) is 1.61. The van der Waals surface area contributed by atoms with Gasteiger partial charge < -0.3 is 5.32 Å². The lowest BCUT2D eigenvalue weighted by atomic mass is 10.1. The zero-order valence-corrected chi connectivity index (χ0v) is 10.9. The Morgan fingerprint density at radius 1 is 1.37 bits per heavy atom. The molecule has 1 saturated carbocycles. The number of sulfonamides is 1. The summed E-state index contributed by atoms with van der Waals surface area (Å²) in [5, 5.41) is 7.25. The van der Waals surface area contributed by atoms with E-state index in [0.717, 1.165) is 0 Å². The maximum absolute atomic E-state index is 13.9. The number of amides is 1. The Labute approximate surface area is 108 Å². The van der Waals surface area contributed by atoms with Crippen LogP contribution in [0.25, 0.3) is 0 Å². The van der Waals surface area contributed by atoms with Crippen LogP contribution in [0.15, 0.2) is 17.0 Å². The fourth-order valence-corrected chi connectivity index (χ4v) is 2.22. The summed E-state index contributed by atoms with van der Waals surface area (Å²) in [7, 11) is -4.36. The van der Waals surface area contributed by atoms with Crippen LogP contribution in [0.2, 0.25) is 0 Å². The van der Waals surface area contributed by atoms with Gasteiger partial charge in [0.2, 0.25) is 10.0 Å². The van der Waals surface area contributed by atoms with Crippen LogP contribution >= 0.6 is 0 Å². The third kappa shape index (κ3) is 2.74.